The number of carbonyl (C=O) groups is 1. The van der Waals surface area contributed by atoms with Crippen molar-refractivity contribution in [2.75, 3.05) is 6.54 Å². The Morgan fingerprint density at radius 2 is 1.92 bits per heavy atom. The summed E-state index contributed by atoms with van der Waals surface area (Å²) in [6.45, 7) is 1.11. The molecule has 0 bridgehead atoms. The molecular formula is C20H21N5O. The number of rotatable bonds is 6. The number of nitrogens with zero attached hydrogens (tertiary/aromatic N) is 3. The van der Waals surface area contributed by atoms with Crippen LogP contribution in [-0.2, 0) is 12.0 Å². The van der Waals surface area contributed by atoms with Gasteiger partial charge in [0, 0.05) is 37.1 Å². The van der Waals surface area contributed by atoms with E-state index in [4.69, 9.17) is 0 Å². The molecule has 3 aromatic rings. The van der Waals surface area contributed by atoms with E-state index >= 15 is 0 Å². The van der Waals surface area contributed by atoms with Crippen LogP contribution in [0.25, 0.3) is 5.82 Å². The molecule has 0 atom stereocenters. The van der Waals surface area contributed by atoms with Crippen LogP contribution >= 0.6 is 0 Å². The van der Waals surface area contributed by atoms with E-state index in [2.05, 4.69) is 45.0 Å². The summed E-state index contributed by atoms with van der Waals surface area (Å²) in [6.07, 6.45) is 7.55. The third-order valence-corrected chi connectivity index (χ3v) is 4.83. The number of nitrogens with one attached hydrogen (secondary N) is 2. The second-order valence-electron chi connectivity index (χ2n) is 6.66. The molecule has 0 spiro atoms. The topological polar surface area (TPSA) is 71.8 Å². The van der Waals surface area contributed by atoms with Crippen LogP contribution in [0.1, 0.15) is 24.0 Å². The monoisotopic (exact) mass is 347 g/mol. The number of hydrogen-bond acceptors (Lipinski definition) is 3. The Bertz CT molecular complexity index is 855. The summed E-state index contributed by atoms with van der Waals surface area (Å²) in [7, 11) is 0. The standard InChI is InChI=1S/C20H21N5O/c26-19(23-15-20(9-10-20)17-5-2-1-3-6-17)22-14-16-7-8-18(21-13-16)25-12-4-11-24-25/h1-8,11-13H,9-10,14-15H2,(H2,22,23,26). The quantitative estimate of drug-likeness (QED) is 0.720. The highest BCUT2D eigenvalue weighted by atomic mass is 16.2. The van der Waals surface area contributed by atoms with Crippen LogP contribution in [-0.4, -0.2) is 27.3 Å². The van der Waals surface area contributed by atoms with Gasteiger partial charge in [0.05, 0.1) is 0 Å². The molecule has 4 rings (SSSR count). The van der Waals surface area contributed by atoms with Crippen molar-refractivity contribution in [1.82, 2.24) is 25.4 Å². The summed E-state index contributed by atoms with van der Waals surface area (Å²) in [5, 5.41) is 10.0. The highest BCUT2D eigenvalue weighted by molar-refractivity contribution is 5.74. The van der Waals surface area contributed by atoms with Gasteiger partial charge in [-0.3, -0.25) is 0 Å². The third kappa shape index (κ3) is 3.59. The van der Waals surface area contributed by atoms with Gasteiger partial charge in [0.25, 0.3) is 0 Å². The van der Waals surface area contributed by atoms with Gasteiger partial charge in [-0.25, -0.2) is 14.5 Å². The summed E-state index contributed by atoms with van der Waals surface area (Å²) in [5.41, 5.74) is 2.37. The van der Waals surface area contributed by atoms with Gasteiger partial charge in [0.1, 0.15) is 0 Å². The van der Waals surface area contributed by atoms with Crippen molar-refractivity contribution in [3.63, 3.8) is 0 Å². The second kappa shape index (κ2) is 7.00. The number of amides is 2. The lowest BCUT2D eigenvalue weighted by atomic mass is 9.96. The van der Waals surface area contributed by atoms with Crippen molar-refractivity contribution in [1.29, 1.82) is 0 Å². The van der Waals surface area contributed by atoms with E-state index in [0.717, 1.165) is 24.2 Å². The van der Waals surface area contributed by atoms with Gasteiger partial charge in [-0.05, 0) is 36.1 Å². The van der Waals surface area contributed by atoms with Crippen LogP contribution < -0.4 is 10.6 Å². The zero-order valence-electron chi connectivity index (χ0n) is 14.4. The lowest BCUT2D eigenvalue weighted by Crippen LogP contribution is -2.39. The first kappa shape index (κ1) is 16.3. The normalized spacial score (nSPS) is 14.6. The average molecular weight is 347 g/mol. The Morgan fingerprint density at radius 1 is 1.08 bits per heavy atom. The van der Waals surface area contributed by atoms with Gasteiger partial charge in [-0.15, -0.1) is 0 Å². The van der Waals surface area contributed by atoms with E-state index < -0.39 is 0 Å². The van der Waals surface area contributed by atoms with Crippen molar-refractivity contribution >= 4 is 6.03 Å². The fraction of sp³-hybridized carbons (Fsp3) is 0.250. The molecule has 1 fully saturated rings. The van der Waals surface area contributed by atoms with Crippen LogP contribution in [0, 0.1) is 0 Å². The molecule has 1 aromatic carbocycles. The molecule has 1 aliphatic rings. The smallest absolute Gasteiger partial charge is 0.315 e. The third-order valence-electron chi connectivity index (χ3n) is 4.83. The summed E-state index contributed by atoms with van der Waals surface area (Å²) in [5.74, 6) is 0.752. The molecule has 0 aliphatic heterocycles. The Labute approximate surface area is 152 Å². The first-order valence-electron chi connectivity index (χ1n) is 8.77. The fourth-order valence-electron chi connectivity index (χ4n) is 3.07. The van der Waals surface area contributed by atoms with Crippen molar-refractivity contribution in [3.8, 4) is 5.82 Å². The SMILES string of the molecule is O=C(NCc1ccc(-n2cccn2)nc1)NCC1(c2ccccc2)CC1. The molecule has 1 saturated carbocycles. The number of aromatic nitrogens is 3. The highest BCUT2D eigenvalue weighted by Gasteiger charge is 2.44. The molecule has 0 unspecified atom stereocenters. The van der Waals surface area contributed by atoms with Gasteiger partial charge >= 0.3 is 6.03 Å². The number of hydrogen-bond donors (Lipinski definition) is 2. The van der Waals surface area contributed by atoms with Crippen LogP contribution in [0.15, 0.2) is 67.1 Å². The van der Waals surface area contributed by atoms with Gasteiger partial charge < -0.3 is 10.6 Å². The zero-order valence-corrected chi connectivity index (χ0v) is 14.4. The first-order chi connectivity index (χ1) is 12.8. The lowest BCUT2D eigenvalue weighted by Gasteiger charge is -2.17. The van der Waals surface area contributed by atoms with Crippen molar-refractivity contribution in [2.45, 2.75) is 24.8 Å². The molecular weight excluding hydrogens is 326 g/mol. The Balaban J connectivity index is 1.27. The maximum absolute atomic E-state index is 12.1. The summed E-state index contributed by atoms with van der Waals surface area (Å²) >= 11 is 0. The Morgan fingerprint density at radius 3 is 2.58 bits per heavy atom. The van der Waals surface area contributed by atoms with E-state index in [1.165, 1.54) is 5.56 Å². The van der Waals surface area contributed by atoms with Gasteiger partial charge in [-0.2, -0.15) is 5.10 Å². The van der Waals surface area contributed by atoms with Crippen LogP contribution in [0.5, 0.6) is 0 Å². The number of urea groups is 1. The minimum Gasteiger partial charge on any atom is -0.337 e. The molecule has 1 aliphatic carbocycles. The molecule has 2 aromatic heterocycles. The van der Waals surface area contributed by atoms with E-state index in [0.29, 0.717) is 13.1 Å². The molecule has 2 heterocycles. The lowest BCUT2D eigenvalue weighted by molar-refractivity contribution is 0.239. The van der Waals surface area contributed by atoms with Gasteiger partial charge in [-0.1, -0.05) is 36.4 Å². The molecule has 2 amide bonds. The summed E-state index contributed by atoms with van der Waals surface area (Å²) in [6, 6.07) is 15.9. The largest absolute Gasteiger partial charge is 0.337 e. The second-order valence-corrected chi connectivity index (χ2v) is 6.66. The van der Waals surface area contributed by atoms with E-state index in [1.54, 1.807) is 17.1 Å². The summed E-state index contributed by atoms with van der Waals surface area (Å²) < 4.78 is 1.70. The van der Waals surface area contributed by atoms with E-state index in [9.17, 15) is 4.79 Å². The van der Waals surface area contributed by atoms with Crippen LogP contribution in [0.4, 0.5) is 4.79 Å². The molecule has 6 heteroatoms. The van der Waals surface area contributed by atoms with Gasteiger partial charge in [0.2, 0.25) is 0 Å². The van der Waals surface area contributed by atoms with E-state index in [-0.39, 0.29) is 11.4 Å². The van der Waals surface area contributed by atoms with Crippen LogP contribution in [0.3, 0.4) is 0 Å². The molecule has 26 heavy (non-hydrogen) atoms. The Hall–Kier alpha value is -3.15. The summed E-state index contributed by atoms with van der Waals surface area (Å²) in [4.78, 5) is 16.5. The number of benzene rings is 1. The first-order valence-corrected chi connectivity index (χ1v) is 8.77. The van der Waals surface area contributed by atoms with E-state index in [1.807, 2.05) is 30.5 Å². The van der Waals surface area contributed by atoms with Crippen molar-refractivity contribution in [2.24, 2.45) is 0 Å². The maximum Gasteiger partial charge on any atom is 0.315 e. The minimum absolute atomic E-state index is 0.117. The molecule has 6 nitrogen and oxygen atoms in total. The maximum atomic E-state index is 12.1. The van der Waals surface area contributed by atoms with Gasteiger partial charge in [0.15, 0.2) is 5.82 Å². The predicted octanol–water partition coefficient (Wildman–Crippen LogP) is 2.80. The predicted molar refractivity (Wildman–Crippen MR) is 99.0 cm³/mol. The molecule has 0 radical (unpaired) electrons. The number of carbonyl (C=O) groups excluding carboxylic acids is 1. The average Bonchev–Trinajstić information content (AvgIpc) is 3.29. The van der Waals surface area contributed by atoms with Crippen molar-refractivity contribution < 1.29 is 4.79 Å². The Kier molecular flexibility index (Phi) is 4.39. The molecule has 2 N–H and O–H groups in total. The fourth-order valence-corrected chi connectivity index (χ4v) is 3.07. The zero-order chi connectivity index (χ0) is 17.8. The van der Waals surface area contributed by atoms with Crippen LogP contribution in [0.2, 0.25) is 0 Å². The highest BCUT2D eigenvalue weighted by Crippen LogP contribution is 2.47. The van der Waals surface area contributed by atoms with Crippen molar-refractivity contribution in [3.05, 3.63) is 78.2 Å². The minimum atomic E-state index is -0.150. The number of pyridine rings is 1. The molecule has 132 valence electrons. The molecule has 0 saturated heterocycles.